The lowest BCUT2D eigenvalue weighted by Gasteiger charge is -2.07. The zero-order valence-corrected chi connectivity index (χ0v) is 11.6. The van der Waals surface area contributed by atoms with Gasteiger partial charge in [0.1, 0.15) is 5.82 Å². The number of aromatic nitrogens is 1. The summed E-state index contributed by atoms with van der Waals surface area (Å²) in [6.07, 6.45) is 0.235. The van der Waals surface area contributed by atoms with Crippen molar-refractivity contribution >= 4 is 34.3 Å². The summed E-state index contributed by atoms with van der Waals surface area (Å²) < 4.78 is 4.55. The highest BCUT2D eigenvalue weighted by atomic mass is 35.5. The Morgan fingerprint density at radius 2 is 2.30 bits per heavy atom. The second-order valence-corrected chi connectivity index (χ2v) is 4.52. The van der Waals surface area contributed by atoms with Crippen LogP contribution in [-0.2, 0) is 9.53 Å². The molecule has 5 nitrogen and oxygen atoms in total. The van der Waals surface area contributed by atoms with E-state index in [2.05, 4.69) is 21.1 Å². The second kappa shape index (κ2) is 6.22. The summed E-state index contributed by atoms with van der Waals surface area (Å²) in [5.41, 5.74) is 1.16. The number of fused-ring (bicyclic) bond motifs is 1. The molecule has 0 radical (unpaired) electrons. The number of nitrogens with one attached hydrogen (secondary N) is 1. The van der Waals surface area contributed by atoms with Gasteiger partial charge in [-0.1, -0.05) is 11.6 Å². The van der Waals surface area contributed by atoms with Gasteiger partial charge in [-0.05, 0) is 24.3 Å². The number of methoxy groups -OCH3 is 1. The van der Waals surface area contributed by atoms with E-state index in [1.165, 1.54) is 7.11 Å². The number of nitrogens with zero attached hydrogens (tertiary/aromatic N) is 2. The number of carbonyl (C=O) groups excluding carboxylic acids is 1. The van der Waals surface area contributed by atoms with Crippen molar-refractivity contribution < 1.29 is 9.53 Å². The summed E-state index contributed by atoms with van der Waals surface area (Å²) >= 11 is 5.92. The van der Waals surface area contributed by atoms with E-state index in [1.807, 2.05) is 0 Å². The summed E-state index contributed by atoms with van der Waals surface area (Å²) in [5.74, 6) is 0.242. The third-order valence-corrected chi connectivity index (χ3v) is 2.99. The van der Waals surface area contributed by atoms with Crippen molar-refractivity contribution in [1.29, 1.82) is 5.26 Å². The average Bonchev–Trinajstić information content (AvgIpc) is 2.46. The molecule has 0 aliphatic rings. The number of anilines is 1. The number of ether oxygens (including phenoxy) is 1. The van der Waals surface area contributed by atoms with Crippen molar-refractivity contribution in [3.8, 4) is 6.07 Å². The Hall–Kier alpha value is -2.32. The average molecular weight is 290 g/mol. The first kappa shape index (κ1) is 14.1. The molecule has 0 amide bonds. The number of carbonyl (C=O) groups is 1. The van der Waals surface area contributed by atoms with E-state index in [1.54, 1.807) is 24.3 Å². The van der Waals surface area contributed by atoms with Gasteiger partial charge in [0.25, 0.3) is 0 Å². The van der Waals surface area contributed by atoms with Crippen molar-refractivity contribution in [2.75, 3.05) is 19.0 Å². The molecule has 0 saturated heterocycles. The number of hydrogen-bond acceptors (Lipinski definition) is 5. The fourth-order valence-corrected chi connectivity index (χ4v) is 1.95. The van der Waals surface area contributed by atoms with Crippen LogP contribution in [0.3, 0.4) is 0 Å². The summed E-state index contributed by atoms with van der Waals surface area (Å²) in [5, 5.41) is 13.4. The highest BCUT2D eigenvalue weighted by Crippen LogP contribution is 2.23. The molecule has 0 fully saturated rings. The van der Waals surface area contributed by atoms with Crippen LogP contribution in [-0.4, -0.2) is 24.6 Å². The van der Waals surface area contributed by atoms with Crippen molar-refractivity contribution in [3.63, 3.8) is 0 Å². The molecule has 0 aliphatic heterocycles. The molecule has 0 atom stereocenters. The van der Waals surface area contributed by atoms with Crippen LogP contribution in [0.1, 0.15) is 12.0 Å². The largest absolute Gasteiger partial charge is 0.469 e. The maximum absolute atomic E-state index is 11.0. The van der Waals surface area contributed by atoms with E-state index in [-0.39, 0.29) is 12.4 Å². The molecule has 0 saturated carbocycles. The number of rotatable bonds is 4. The van der Waals surface area contributed by atoms with Crippen LogP contribution in [0.25, 0.3) is 10.9 Å². The second-order valence-electron chi connectivity index (χ2n) is 4.08. The minimum absolute atomic E-state index is 0.235. The Morgan fingerprint density at radius 1 is 1.50 bits per heavy atom. The standard InChI is InChI=1S/C14H12ClN3O2/c1-20-14(19)4-5-17-13-6-9(8-16)11-7-10(15)2-3-12(11)18-13/h2-3,6-7H,4-5H2,1H3,(H,17,18). The number of pyridine rings is 1. The molecule has 0 unspecified atom stereocenters. The monoisotopic (exact) mass is 289 g/mol. The lowest BCUT2D eigenvalue weighted by Crippen LogP contribution is -2.10. The smallest absolute Gasteiger partial charge is 0.307 e. The zero-order chi connectivity index (χ0) is 14.5. The van der Waals surface area contributed by atoms with E-state index >= 15 is 0 Å². The number of nitriles is 1. The van der Waals surface area contributed by atoms with Gasteiger partial charge in [-0.3, -0.25) is 4.79 Å². The molecular weight excluding hydrogens is 278 g/mol. The molecule has 102 valence electrons. The van der Waals surface area contributed by atoms with E-state index in [9.17, 15) is 10.1 Å². The molecule has 2 aromatic rings. The molecule has 0 bridgehead atoms. The first-order chi connectivity index (χ1) is 9.63. The topological polar surface area (TPSA) is 75.0 Å². The Kier molecular flexibility index (Phi) is 4.38. The fraction of sp³-hybridized carbons (Fsp3) is 0.214. The Labute approximate surface area is 121 Å². The van der Waals surface area contributed by atoms with E-state index < -0.39 is 0 Å². The van der Waals surface area contributed by atoms with Crippen LogP contribution in [0.4, 0.5) is 5.82 Å². The Balaban J connectivity index is 2.25. The molecule has 1 aromatic carbocycles. The predicted molar refractivity (Wildman–Crippen MR) is 76.6 cm³/mol. The molecule has 0 aliphatic carbocycles. The van der Waals surface area contributed by atoms with Gasteiger partial charge in [0.2, 0.25) is 0 Å². The van der Waals surface area contributed by atoms with E-state index in [0.717, 1.165) is 0 Å². The Morgan fingerprint density at radius 3 is 3.00 bits per heavy atom. The maximum Gasteiger partial charge on any atom is 0.307 e. The van der Waals surface area contributed by atoms with Crippen LogP contribution in [0.5, 0.6) is 0 Å². The number of halogens is 1. The summed E-state index contributed by atoms with van der Waals surface area (Å²) in [7, 11) is 1.34. The first-order valence-electron chi connectivity index (χ1n) is 5.95. The van der Waals surface area contributed by atoms with Crippen molar-refractivity contribution in [1.82, 2.24) is 4.98 Å². The lowest BCUT2D eigenvalue weighted by molar-refractivity contribution is -0.140. The van der Waals surface area contributed by atoms with Gasteiger partial charge in [-0.15, -0.1) is 0 Å². The molecule has 1 N–H and O–H groups in total. The highest BCUT2D eigenvalue weighted by molar-refractivity contribution is 6.31. The van der Waals surface area contributed by atoms with Gasteiger partial charge in [0.15, 0.2) is 0 Å². The van der Waals surface area contributed by atoms with Crippen molar-refractivity contribution in [2.45, 2.75) is 6.42 Å². The summed E-state index contributed by atoms with van der Waals surface area (Å²) in [6.45, 7) is 0.392. The lowest BCUT2D eigenvalue weighted by atomic mass is 10.1. The van der Waals surface area contributed by atoms with E-state index in [0.29, 0.717) is 33.9 Å². The quantitative estimate of drug-likeness (QED) is 0.876. The molecule has 6 heteroatoms. The maximum atomic E-state index is 11.0. The molecule has 0 spiro atoms. The third-order valence-electron chi connectivity index (χ3n) is 2.75. The number of hydrogen-bond donors (Lipinski definition) is 1. The normalized spacial score (nSPS) is 10.1. The molecule has 1 heterocycles. The van der Waals surface area contributed by atoms with Gasteiger partial charge < -0.3 is 10.1 Å². The van der Waals surface area contributed by atoms with Crippen LogP contribution < -0.4 is 5.32 Å². The zero-order valence-electron chi connectivity index (χ0n) is 10.8. The van der Waals surface area contributed by atoms with Crippen LogP contribution in [0, 0.1) is 11.3 Å². The SMILES string of the molecule is COC(=O)CCNc1cc(C#N)c2cc(Cl)ccc2n1. The third kappa shape index (κ3) is 3.16. The number of benzene rings is 1. The minimum Gasteiger partial charge on any atom is -0.469 e. The molecule has 20 heavy (non-hydrogen) atoms. The Bertz CT molecular complexity index is 695. The minimum atomic E-state index is -0.300. The van der Waals surface area contributed by atoms with E-state index in [4.69, 9.17) is 11.6 Å². The van der Waals surface area contributed by atoms with Gasteiger partial charge in [0.05, 0.1) is 30.7 Å². The van der Waals surface area contributed by atoms with Crippen LogP contribution in [0.2, 0.25) is 5.02 Å². The van der Waals surface area contributed by atoms with Gasteiger partial charge in [-0.25, -0.2) is 4.98 Å². The molecule has 2 rings (SSSR count). The first-order valence-corrected chi connectivity index (χ1v) is 6.33. The van der Waals surface area contributed by atoms with Gasteiger partial charge in [0, 0.05) is 17.0 Å². The van der Waals surface area contributed by atoms with Gasteiger partial charge >= 0.3 is 5.97 Å². The van der Waals surface area contributed by atoms with Crippen LogP contribution in [0.15, 0.2) is 24.3 Å². The van der Waals surface area contributed by atoms with Crippen LogP contribution >= 0.6 is 11.6 Å². The molecular formula is C14H12ClN3O2. The summed E-state index contributed by atoms with van der Waals surface area (Å²) in [6, 6.07) is 8.93. The van der Waals surface area contributed by atoms with Gasteiger partial charge in [-0.2, -0.15) is 5.26 Å². The number of esters is 1. The highest BCUT2D eigenvalue weighted by Gasteiger charge is 2.07. The molecule has 1 aromatic heterocycles. The van der Waals surface area contributed by atoms with Crippen molar-refractivity contribution in [3.05, 3.63) is 34.9 Å². The van der Waals surface area contributed by atoms with Crippen molar-refractivity contribution in [2.24, 2.45) is 0 Å². The predicted octanol–water partition coefficient (Wildman–Crippen LogP) is 2.73. The summed E-state index contributed by atoms with van der Waals surface area (Å²) in [4.78, 5) is 15.4. The fourth-order valence-electron chi connectivity index (χ4n) is 1.78.